The molecule has 0 saturated heterocycles. The van der Waals surface area contributed by atoms with Crippen LogP contribution in [0, 0.1) is 6.92 Å². The van der Waals surface area contributed by atoms with Gasteiger partial charge in [0, 0.05) is 34.5 Å². The molecule has 0 saturated carbocycles. The van der Waals surface area contributed by atoms with Crippen molar-refractivity contribution in [2.24, 2.45) is 5.10 Å². The molecular formula is C27H23ClN6O. The van der Waals surface area contributed by atoms with Crippen molar-refractivity contribution < 1.29 is 4.79 Å². The second-order valence-corrected chi connectivity index (χ2v) is 8.46. The lowest BCUT2D eigenvalue weighted by Crippen LogP contribution is -2.17. The molecule has 35 heavy (non-hydrogen) atoms. The number of carbonyl (C=O) groups is 1. The number of aryl methyl sites for hydroxylation is 2. The number of amides is 1. The third-order valence-corrected chi connectivity index (χ3v) is 6.02. The molecule has 2 heterocycles. The molecule has 174 valence electrons. The van der Waals surface area contributed by atoms with Gasteiger partial charge in [-0.15, -0.1) is 0 Å². The normalized spacial score (nSPS) is 11.4. The van der Waals surface area contributed by atoms with E-state index >= 15 is 0 Å². The Balaban J connectivity index is 1.42. The van der Waals surface area contributed by atoms with Crippen molar-refractivity contribution in [3.63, 3.8) is 0 Å². The van der Waals surface area contributed by atoms with Crippen LogP contribution in [0.15, 0.2) is 84.1 Å². The monoisotopic (exact) mass is 482 g/mol. The number of para-hydroxylation sites is 1. The maximum absolute atomic E-state index is 12.8. The van der Waals surface area contributed by atoms with Gasteiger partial charge < -0.3 is 4.57 Å². The number of carbonyl (C=O) groups excluding carboxylic acids is 1. The van der Waals surface area contributed by atoms with E-state index in [4.69, 9.17) is 16.7 Å². The summed E-state index contributed by atoms with van der Waals surface area (Å²) in [7, 11) is 0. The molecule has 0 spiro atoms. The molecule has 5 rings (SSSR count). The van der Waals surface area contributed by atoms with E-state index in [1.54, 1.807) is 23.0 Å². The first kappa shape index (κ1) is 22.6. The first-order chi connectivity index (χ1) is 17.0. The number of halogens is 1. The molecule has 5 aromatic rings. The number of hydrazone groups is 1. The van der Waals surface area contributed by atoms with E-state index in [0.29, 0.717) is 10.6 Å². The lowest BCUT2D eigenvalue weighted by atomic mass is 10.1. The summed E-state index contributed by atoms with van der Waals surface area (Å²) < 4.78 is 3.89. The van der Waals surface area contributed by atoms with Gasteiger partial charge in [-0.25, -0.2) is 15.1 Å². The topological polar surface area (TPSA) is 77.1 Å². The second-order valence-electron chi connectivity index (χ2n) is 8.03. The average Bonchev–Trinajstić information content (AvgIpc) is 3.44. The van der Waals surface area contributed by atoms with Gasteiger partial charge in [0.1, 0.15) is 11.5 Å². The van der Waals surface area contributed by atoms with Crippen LogP contribution < -0.4 is 5.43 Å². The predicted octanol–water partition coefficient (Wildman–Crippen LogP) is 5.63. The maximum atomic E-state index is 12.8. The van der Waals surface area contributed by atoms with Crippen molar-refractivity contribution in [2.75, 3.05) is 0 Å². The number of hydrogen-bond acceptors (Lipinski definition) is 4. The molecule has 0 aliphatic carbocycles. The summed E-state index contributed by atoms with van der Waals surface area (Å²) in [6.45, 7) is 4.86. The number of hydrogen-bond donors (Lipinski definition) is 1. The Hall–Kier alpha value is -4.23. The highest BCUT2D eigenvalue weighted by Crippen LogP contribution is 2.24. The maximum Gasteiger partial charge on any atom is 0.271 e. The third-order valence-electron chi connectivity index (χ3n) is 5.77. The van der Waals surface area contributed by atoms with Crippen molar-refractivity contribution in [1.82, 2.24) is 24.8 Å². The highest BCUT2D eigenvalue weighted by atomic mass is 35.5. The first-order valence-electron chi connectivity index (χ1n) is 11.2. The minimum Gasteiger partial charge on any atom is -0.329 e. The molecule has 7 nitrogen and oxygen atoms in total. The quantitative estimate of drug-likeness (QED) is 0.251. The van der Waals surface area contributed by atoms with Crippen molar-refractivity contribution >= 4 is 34.8 Å². The summed E-state index contributed by atoms with van der Waals surface area (Å²) >= 11 is 6.07. The molecule has 1 N–H and O–H groups in total. The minimum absolute atomic E-state index is 0.310. The summed E-state index contributed by atoms with van der Waals surface area (Å²) in [4.78, 5) is 17.3. The van der Waals surface area contributed by atoms with E-state index in [1.165, 1.54) is 0 Å². The van der Waals surface area contributed by atoms with E-state index < -0.39 is 0 Å². The molecule has 3 aromatic carbocycles. The Labute approximate surface area is 207 Å². The van der Waals surface area contributed by atoms with Crippen LogP contribution >= 0.6 is 11.6 Å². The van der Waals surface area contributed by atoms with Crippen molar-refractivity contribution in [3.05, 3.63) is 101 Å². The van der Waals surface area contributed by atoms with Crippen molar-refractivity contribution in [1.29, 1.82) is 0 Å². The highest BCUT2D eigenvalue weighted by Gasteiger charge is 2.13. The number of aromatic nitrogens is 4. The summed E-state index contributed by atoms with van der Waals surface area (Å²) in [5, 5.41) is 9.61. The number of nitrogens with one attached hydrogen (secondary N) is 1. The zero-order valence-electron chi connectivity index (χ0n) is 19.3. The standard InChI is InChI=1S/C27H23ClN6O/c1-3-33-18(2)30-24-15-20(11-14-25(24)33)27(35)31-29-16-21-17-34(23-7-5-4-6-8-23)32-26(21)19-9-12-22(28)13-10-19/h4-17H,3H2,1-2H3,(H,31,35). The predicted molar refractivity (Wildman–Crippen MR) is 139 cm³/mol. The Morgan fingerprint density at radius 2 is 1.86 bits per heavy atom. The summed E-state index contributed by atoms with van der Waals surface area (Å²) in [5.41, 5.74) is 8.20. The fraction of sp³-hybridized carbons (Fsp3) is 0.111. The molecule has 1 amide bonds. The van der Waals surface area contributed by atoms with Crippen LogP contribution in [0.25, 0.3) is 28.0 Å². The van der Waals surface area contributed by atoms with Crippen molar-refractivity contribution in [3.8, 4) is 16.9 Å². The molecule has 0 radical (unpaired) electrons. The smallest absolute Gasteiger partial charge is 0.271 e. The first-order valence-corrected chi connectivity index (χ1v) is 11.6. The molecule has 0 fully saturated rings. The average molecular weight is 483 g/mol. The number of nitrogens with zero attached hydrogens (tertiary/aromatic N) is 5. The zero-order valence-corrected chi connectivity index (χ0v) is 20.1. The SMILES string of the molecule is CCn1c(C)nc2cc(C(=O)NN=Cc3cn(-c4ccccc4)nc3-c3ccc(Cl)cc3)ccc21. The van der Waals surface area contributed by atoms with Crippen LogP contribution in [-0.2, 0) is 6.54 Å². The van der Waals surface area contributed by atoms with E-state index in [2.05, 4.69) is 27.0 Å². The lowest BCUT2D eigenvalue weighted by molar-refractivity contribution is 0.0955. The van der Waals surface area contributed by atoms with Crippen LogP contribution in [-0.4, -0.2) is 31.5 Å². The number of benzene rings is 3. The number of fused-ring (bicyclic) bond motifs is 1. The van der Waals surface area contributed by atoms with Crippen LogP contribution in [0.4, 0.5) is 0 Å². The fourth-order valence-corrected chi connectivity index (χ4v) is 4.17. The largest absolute Gasteiger partial charge is 0.329 e. The van der Waals surface area contributed by atoms with E-state index in [1.807, 2.05) is 73.8 Å². The lowest BCUT2D eigenvalue weighted by Gasteiger charge is -2.03. The molecule has 0 aliphatic heterocycles. The van der Waals surface area contributed by atoms with Gasteiger partial charge in [0.15, 0.2) is 0 Å². The molecule has 0 unspecified atom stereocenters. The Bertz CT molecular complexity index is 1530. The van der Waals surface area contributed by atoms with Gasteiger partial charge in [0.2, 0.25) is 0 Å². The van der Waals surface area contributed by atoms with E-state index in [0.717, 1.165) is 45.9 Å². The summed E-state index contributed by atoms with van der Waals surface area (Å²) in [5.74, 6) is 0.610. The van der Waals surface area contributed by atoms with Crippen molar-refractivity contribution in [2.45, 2.75) is 20.4 Å². The van der Waals surface area contributed by atoms with Gasteiger partial charge in [0.25, 0.3) is 5.91 Å². The van der Waals surface area contributed by atoms with Gasteiger partial charge in [-0.1, -0.05) is 41.9 Å². The minimum atomic E-state index is -0.310. The van der Waals surface area contributed by atoms with Crippen LogP contribution in [0.1, 0.15) is 28.7 Å². The van der Waals surface area contributed by atoms with Gasteiger partial charge in [-0.2, -0.15) is 10.2 Å². The van der Waals surface area contributed by atoms with Gasteiger partial charge >= 0.3 is 0 Å². The molecule has 0 aliphatic rings. The highest BCUT2D eigenvalue weighted by molar-refractivity contribution is 6.30. The summed E-state index contributed by atoms with van der Waals surface area (Å²) in [6.07, 6.45) is 3.48. The number of rotatable bonds is 6. The van der Waals surface area contributed by atoms with E-state index in [-0.39, 0.29) is 5.91 Å². The van der Waals surface area contributed by atoms with Gasteiger partial charge in [0.05, 0.1) is 22.9 Å². The Morgan fingerprint density at radius 1 is 1.09 bits per heavy atom. The second kappa shape index (κ2) is 9.56. The van der Waals surface area contributed by atoms with Crippen LogP contribution in [0.5, 0.6) is 0 Å². The Morgan fingerprint density at radius 3 is 2.60 bits per heavy atom. The Kier molecular flexibility index (Phi) is 6.16. The zero-order chi connectivity index (χ0) is 24.4. The van der Waals surface area contributed by atoms with Gasteiger partial charge in [-0.3, -0.25) is 4.79 Å². The molecule has 8 heteroatoms. The van der Waals surface area contributed by atoms with E-state index in [9.17, 15) is 4.79 Å². The molecule has 0 atom stereocenters. The van der Waals surface area contributed by atoms with Gasteiger partial charge in [-0.05, 0) is 56.3 Å². The van der Waals surface area contributed by atoms with Crippen LogP contribution in [0.3, 0.4) is 0 Å². The molecule has 0 bridgehead atoms. The van der Waals surface area contributed by atoms with Crippen LogP contribution in [0.2, 0.25) is 5.02 Å². The number of imidazole rings is 1. The fourth-order valence-electron chi connectivity index (χ4n) is 4.04. The third kappa shape index (κ3) is 4.58. The molecular weight excluding hydrogens is 460 g/mol. The molecule has 2 aromatic heterocycles. The summed E-state index contributed by atoms with van der Waals surface area (Å²) in [6, 6.07) is 22.7.